The van der Waals surface area contributed by atoms with Crippen molar-refractivity contribution in [2.24, 2.45) is 56.2 Å². The van der Waals surface area contributed by atoms with Crippen LogP contribution in [0.15, 0.2) is 0 Å². The molecule has 0 amide bonds. The molecule has 9 aliphatic rings. The third-order valence-electron chi connectivity index (χ3n) is 17.5. The molecule has 5 heteroatoms. The van der Waals surface area contributed by atoms with Crippen molar-refractivity contribution in [3.63, 3.8) is 0 Å². The lowest BCUT2D eigenvalue weighted by Crippen LogP contribution is -2.69. The minimum absolute atomic E-state index is 0.0271. The van der Waals surface area contributed by atoms with Crippen molar-refractivity contribution in [3.8, 4) is 0 Å². The molecule has 5 nitrogen and oxygen atoms in total. The van der Waals surface area contributed by atoms with Crippen LogP contribution in [0.5, 0.6) is 0 Å². The molecule has 4 heterocycles. The molecule has 43 heavy (non-hydrogen) atoms. The van der Waals surface area contributed by atoms with Gasteiger partial charge in [0.25, 0.3) is 0 Å². The van der Waals surface area contributed by atoms with Crippen molar-refractivity contribution in [3.05, 3.63) is 0 Å². The number of ether oxygens (including phenoxy) is 2. The molecule has 9 fully saturated rings. The minimum atomic E-state index is 0.0271. The van der Waals surface area contributed by atoms with Crippen LogP contribution in [0.2, 0.25) is 0 Å². The van der Waals surface area contributed by atoms with Crippen LogP contribution in [0.1, 0.15) is 113 Å². The Balaban J connectivity index is 1.02. The van der Waals surface area contributed by atoms with Crippen molar-refractivity contribution in [2.75, 3.05) is 52.4 Å². The molecule has 0 aromatic rings. The summed E-state index contributed by atoms with van der Waals surface area (Å²) in [6, 6.07) is 0. The van der Waals surface area contributed by atoms with Gasteiger partial charge in [-0.05, 0) is 115 Å². The van der Waals surface area contributed by atoms with Gasteiger partial charge in [0.05, 0.1) is 32.3 Å². The number of carbonyl (C=O) groups excluding carboxylic acids is 1. The Morgan fingerprint density at radius 1 is 0.791 bits per heavy atom. The lowest BCUT2D eigenvalue weighted by atomic mass is 9.31. The fraction of sp³-hybridized carbons (Fsp3) is 0.974. The van der Waals surface area contributed by atoms with E-state index in [0.717, 1.165) is 74.5 Å². The molecule has 0 N–H and O–H groups in total. The van der Waals surface area contributed by atoms with Gasteiger partial charge in [0.1, 0.15) is 6.10 Å². The average molecular weight is 596 g/mol. The van der Waals surface area contributed by atoms with Crippen molar-refractivity contribution in [2.45, 2.75) is 125 Å². The highest BCUT2D eigenvalue weighted by molar-refractivity contribution is 5.71. The smallest absolute Gasteiger partial charge is 0.362 e. The zero-order chi connectivity index (χ0) is 30.3. The molecular weight excluding hydrogens is 532 g/mol. The maximum Gasteiger partial charge on any atom is 0.362 e. The van der Waals surface area contributed by atoms with Crippen LogP contribution >= 0.6 is 0 Å². The monoisotopic (exact) mass is 595 g/mol. The van der Waals surface area contributed by atoms with Crippen LogP contribution in [0.4, 0.5) is 0 Å². The van der Waals surface area contributed by atoms with Crippen LogP contribution in [0.3, 0.4) is 0 Å². The summed E-state index contributed by atoms with van der Waals surface area (Å²) in [5.41, 5.74) is 1.92. The van der Waals surface area contributed by atoms with E-state index in [4.69, 9.17) is 9.47 Å². The standard InChI is InChI=1S/C38H63N2O3/c1-33(2)14-16-38-17-15-36(6)26(31(38)32(33)42-25-38)8-9-28-35(5)12-11-29(34(3,4)27(35)10-13-37(28,36)7)43-30(41)24-40-21-18-39(19-22-40)20-23-40/h26-29,31-32H,8-25H2,1-7H3/q+1/t26?,27?,28?,29?,31?,32-,35+,36-,37-,38-/m1/s1. The Bertz CT molecular complexity index is 1140. The Morgan fingerprint density at radius 2 is 1.49 bits per heavy atom. The topological polar surface area (TPSA) is 38.8 Å². The number of piperazine rings is 3. The van der Waals surface area contributed by atoms with Crippen molar-refractivity contribution in [1.29, 1.82) is 0 Å². The van der Waals surface area contributed by atoms with Crippen molar-refractivity contribution in [1.82, 2.24) is 4.90 Å². The molecule has 0 aromatic heterocycles. The summed E-state index contributed by atoms with van der Waals surface area (Å²) < 4.78 is 14.3. The minimum Gasteiger partial charge on any atom is -0.458 e. The number of carbonyl (C=O) groups is 1. The lowest BCUT2D eigenvalue weighted by Gasteiger charge is -2.73. The number of quaternary nitrogens is 1. The van der Waals surface area contributed by atoms with Crippen LogP contribution in [0.25, 0.3) is 0 Å². The summed E-state index contributed by atoms with van der Waals surface area (Å²) in [5.74, 6) is 3.04. The number of esters is 1. The molecule has 0 aromatic carbocycles. The maximum absolute atomic E-state index is 13.5. The largest absolute Gasteiger partial charge is 0.458 e. The molecule has 0 spiro atoms. The van der Waals surface area contributed by atoms with Gasteiger partial charge in [0.2, 0.25) is 0 Å². The van der Waals surface area contributed by atoms with Crippen LogP contribution < -0.4 is 0 Å². The molecule has 5 saturated carbocycles. The van der Waals surface area contributed by atoms with E-state index in [0.29, 0.717) is 45.6 Å². The third kappa shape index (κ3) is 3.89. The highest BCUT2D eigenvalue weighted by Gasteiger charge is 2.73. The second-order valence-corrected chi connectivity index (χ2v) is 19.6. The Labute approximate surface area is 262 Å². The molecule has 5 unspecified atom stereocenters. The summed E-state index contributed by atoms with van der Waals surface area (Å²) in [6.45, 7) is 26.6. The van der Waals surface area contributed by atoms with E-state index in [-0.39, 0.29) is 17.5 Å². The SMILES string of the molecule is CC1(C)C(OC(=O)C[N+]23CCN(CC2)CC3)CC[C@@]2(C)C1CC[C@]1(C)C2CCC2C3[C@H]4OC[C@@]3(CCC4(C)C)CC[C@]21C. The molecule has 242 valence electrons. The van der Waals surface area contributed by atoms with Gasteiger partial charge >= 0.3 is 5.97 Å². The summed E-state index contributed by atoms with van der Waals surface area (Å²) in [7, 11) is 0. The van der Waals surface area contributed by atoms with Crippen molar-refractivity contribution < 1.29 is 18.8 Å². The van der Waals surface area contributed by atoms with E-state index in [1.807, 2.05) is 0 Å². The highest BCUT2D eigenvalue weighted by atomic mass is 16.5. The first-order valence-corrected chi connectivity index (χ1v) is 18.6. The second kappa shape index (κ2) is 9.24. The number of hydrogen-bond acceptors (Lipinski definition) is 4. The Hall–Kier alpha value is -0.650. The van der Waals surface area contributed by atoms with Crippen molar-refractivity contribution >= 4 is 5.97 Å². The second-order valence-electron chi connectivity index (χ2n) is 19.6. The van der Waals surface area contributed by atoms with E-state index in [1.165, 1.54) is 57.8 Å². The van der Waals surface area contributed by atoms with E-state index >= 15 is 0 Å². The van der Waals surface area contributed by atoms with Gasteiger partial charge in [-0.15, -0.1) is 0 Å². The van der Waals surface area contributed by atoms with E-state index in [1.54, 1.807) is 0 Å². The van der Waals surface area contributed by atoms with Gasteiger partial charge in [0.15, 0.2) is 6.54 Å². The molecule has 4 aliphatic heterocycles. The predicted octanol–water partition coefficient (Wildman–Crippen LogP) is 6.93. The normalized spacial score (nSPS) is 55.8. The number of rotatable bonds is 3. The van der Waals surface area contributed by atoms with Crippen LogP contribution in [0, 0.1) is 56.2 Å². The average Bonchev–Trinajstić information content (AvgIpc) is 3.30. The predicted molar refractivity (Wildman–Crippen MR) is 170 cm³/mol. The third-order valence-corrected chi connectivity index (χ3v) is 17.5. The zero-order valence-corrected chi connectivity index (χ0v) is 28.8. The molecule has 9 rings (SSSR count). The van der Waals surface area contributed by atoms with E-state index in [2.05, 4.69) is 53.4 Å². The summed E-state index contributed by atoms with van der Waals surface area (Å²) in [6.07, 6.45) is 13.7. The zero-order valence-electron chi connectivity index (χ0n) is 28.8. The Kier molecular flexibility index (Phi) is 6.39. The van der Waals surface area contributed by atoms with E-state index in [9.17, 15) is 4.79 Å². The molecule has 10 atom stereocenters. The number of fused-ring (bicyclic) bond motifs is 8. The molecule has 4 saturated heterocycles. The number of hydrogen-bond donors (Lipinski definition) is 0. The Morgan fingerprint density at radius 3 is 2.21 bits per heavy atom. The maximum atomic E-state index is 13.5. The van der Waals surface area contributed by atoms with Gasteiger partial charge < -0.3 is 14.0 Å². The number of nitrogens with zero attached hydrogens (tertiary/aromatic N) is 2. The molecular formula is C38H63N2O3+. The fourth-order valence-corrected chi connectivity index (χ4v) is 14.6. The fourth-order valence-electron chi connectivity index (χ4n) is 14.6. The van der Waals surface area contributed by atoms with Gasteiger partial charge in [-0.1, -0.05) is 48.5 Å². The van der Waals surface area contributed by atoms with E-state index < -0.39 is 0 Å². The first kappa shape index (κ1) is 29.7. The van der Waals surface area contributed by atoms with Gasteiger partial charge in [-0.25, -0.2) is 4.79 Å². The molecule has 0 radical (unpaired) electrons. The first-order chi connectivity index (χ1) is 20.2. The van der Waals surface area contributed by atoms with Gasteiger partial charge in [-0.3, -0.25) is 4.90 Å². The van der Waals surface area contributed by atoms with Gasteiger partial charge in [-0.2, -0.15) is 0 Å². The summed E-state index contributed by atoms with van der Waals surface area (Å²) >= 11 is 0. The van der Waals surface area contributed by atoms with Crippen LogP contribution in [-0.4, -0.2) is 80.0 Å². The highest BCUT2D eigenvalue weighted by Crippen LogP contribution is 2.78. The van der Waals surface area contributed by atoms with Crippen LogP contribution in [-0.2, 0) is 14.3 Å². The quantitative estimate of drug-likeness (QED) is 0.262. The summed E-state index contributed by atoms with van der Waals surface area (Å²) in [4.78, 5) is 16.1. The molecule has 5 aliphatic carbocycles. The molecule has 4 bridgehead atoms. The first-order valence-electron chi connectivity index (χ1n) is 18.6. The lowest BCUT2D eigenvalue weighted by molar-refractivity contribution is -0.934. The van der Waals surface area contributed by atoms with Gasteiger partial charge in [0, 0.05) is 25.0 Å². The summed E-state index contributed by atoms with van der Waals surface area (Å²) in [5, 5.41) is 0.